The highest BCUT2D eigenvalue weighted by Crippen LogP contribution is 2.35. The average Bonchev–Trinajstić information content (AvgIpc) is 2.84. The van der Waals surface area contributed by atoms with Crippen molar-refractivity contribution in [2.24, 2.45) is 0 Å². The minimum absolute atomic E-state index is 0.131. The summed E-state index contributed by atoms with van der Waals surface area (Å²) >= 11 is 0. The monoisotopic (exact) mass is 256 g/mol. The summed E-state index contributed by atoms with van der Waals surface area (Å²) in [6.07, 6.45) is 0. The van der Waals surface area contributed by atoms with Gasteiger partial charge in [-0.05, 0) is 18.2 Å². The maximum atomic E-state index is 6.01. The molecule has 0 fully saturated rings. The molecule has 19 heavy (non-hydrogen) atoms. The molecule has 4 heteroatoms. The molecule has 3 rings (SSSR count). The molecule has 1 heterocycles. The van der Waals surface area contributed by atoms with Crippen LogP contribution in [0.1, 0.15) is 11.6 Å². The van der Waals surface area contributed by atoms with Crippen molar-refractivity contribution in [3.63, 3.8) is 0 Å². The van der Waals surface area contributed by atoms with Gasteiger partial charge in [-0.1, -0.05) is 18.2 Å². The van der Waals surface area contributed by atoms with Crippen LogP contribution in [0.3, 0.4) is 0 Å². The molecule has 1 aliphatic rings. The first-order chi connectivity index (χ1) is 9.28. The Morgan fingerprint density at radius 1 is 1.26 bits per heavy atom. The number of methoxy groups -OCH3 is 1. The van der Waals surface area contributed by atoms with Crippen molar-refractivity contribution in [1.29, 1.82) is 0 Å². The van der Waals surface area contributed by atoms with Crippen molar-refractivity contribution >= 4 is 11.4 Å². The molecule has 1 atom stereocenters. The Balaban J connectivity index is 1.83. The van der Waals surface area contributed by atoms with Gasteiger partial charge in [0.1, 0.15) is 18.1 Å². The molecule has 0 spiro atoms. The average molecular weight is 256 g/mol. The molecule has 0 radical (unpaired) electrons. The number of para-hydroxylation sites is 1. The lowest BCUT2D eigenvalue weighted by Gasteiger charge is -2.15. The third kappa shape index (κ3) is 2.17. The summed E-state index contributed by atoms with van der Waals surface area (Å²) < 4.78 is 10.8. The first-order valence-corrected chi connectivity index (χ1v) is 6.19. The highest BCUT2D eigenvalue weighted by atomic mass is 16.5. The molecule has 1 unspecified atom stereocenters. The van der Waals surface area contributed by atoms with E-state index in [0.717, 1.165) is 22.7 Å². The lowest BCUT2D eigenvalue weighted by atomic mass is 10.1. The van der Waals surface area contributed by atoms with E-state index in [0.29, 0.717) is 12.3 Å². The van der Waals surface area contributed by atoms with Gasteiger partial charge in [-0.15, -0.1) is 0 Å². The molecule has 0 amide bonds. The second-order valence-corrected chi connectivity index (χ2v) is 4.50. The summed E-state index contributed by atoms with van der Waals surface area (Å²) in [6.45, 7) is 0.616. The summed E-state index contributed by atoms with van der Waals surface area (Å²) in [6, 6.07) is 13.8. The van der Waals surface area contributed by atoms with Crippen LogP contribution in [0.15, 0.2) is 42.5 Å². The summed E-state index contributed by atoms with van der Waals surface area (Å²) in [5, 5.41) is 3.41. The highest BCUT2D eigenvalue weighted by Gasteiger charge is 2.23. The normalized spacial score (nSPS) is 16.6. The van der Waals surface area contributed by atoms with Gasteiger partial charge in [0, 0.05) is 11.6 Å². The second kappa shape index (κ2) is 4.72. The number of anilines is 2. The predicted octanol–water partition coefficient (Wildman–Crippen LogP) is 2.82. The third-order valence-corrected chi connectivity index (χ3v) is 3.29. The molecule has 4 nitrogen and oxygen atoms in total. The van der Waals surface area contributed by atoms with Crippen LogP contribution in [0, 0.1) is 0 Å². The molecule has 0 saturated carbocycles. The van der Waals surface area contributed by atoms with E-state index in [9.17, 15) is 0 Å². The molecule has 2 aromatic carbocycles. The summed E-state index contributed by atoms with van der Waals surface area (Å²) in [5.74, 6) is 1.69. The number of rotatable bonds is 3. The van der Waals surface area contributed by atoms with E-state index in [1.54, 1.807) is 7.11 Å². The van der Waals surface area contributed by atoms with Crippen LogP contribution in [0.25, 0.3) is 0 Å². The lowest BCUT2D eigenvalue weighted by Crippen LogP contribution is -2.13. The maximum Gasteiger partial charge on any atom is 0.124 e. The quantitative estimate of drug-likeness (QED) is 0.829. The van der Waals surface area contributed by atoms with Gasteiger partial charge >= 0.3 is 0 Å². The Morgan fingerprint density at radius 3 is 2.89 bits per heavy atom. The Kier molecular flexibility index (Phi) is 2.91. The van der Waals surface area contributed by atoms with Crippen LogP contribution in [-0.2, 0) is 0 Å². The van der Waals surface area contributed by atoms with E-state index in [4.69, 9.17) is 15.2 Å². The minimum atomic E-state index is 0.131. The third-order valence-electron chi connectivity index (χ3n) is 3.29. The largest absolute Gasteiger partial charge is 0.497 e. The zero-order chi connectivity index (χ0) is 13.2. The SMILES string of the molecule is COc1ccc(NC2COc3ccccc32)c(N)c1. The van der Waals surface area contributed by atoms with Crippen molar-refractivity contribution in [1.82, 2.24) is 0 Å². The van der Waals surface area contributed by atoms with Gasteiger partial charge in [-0.2, -0.15) is 0 Å². The van der Waals surface area contributed by atoms with Gasteiger partial charge in [0.25, 0.3) is 0 Å². The Morgan fingerprint density at radius 2 is 2.11 bits per heavy atom. The standard InChI is InChI=1S/C15H16N2O2/c1-18-10-6-7-13(12(16)8-10)17-14-9-19-15-5-3-2-4-11(14)15/h2-8,14,17H,9,16H2,1H3. The van der Waals surface area contributed by atoms with E-state index in [2.05, 4.69) is 11.4 Å². The number of nitrogen functional groups attached to an aromatic ring is 1. The zero-order valence-electron chi connectivity index (χ0n) is 10.7. The molecule has 3 N–H and O–H groups in total. The van der Waals surface area contributed by atoms with Crippen molar-refractivity contribution in [2.45, 2.75) is 6.04 Å². The Hall–Kier alpha value is -2.36. The second-order valence-electron chi connectivity index (χ2n) is 4.50. The Bertz CT molecular complexity index is 598. The first-order valence-electron chi connectivity index (χ1n) is 6.19. The fourth-order valence-electron chi connectivity index (χ4n) is 2.27. The molecule has 1 aliphatic heterocycles. The van der Waals surface area contributed by atoms with Gasteiger partial charge in [-0.25, -0.2) is 0 Å². The molecular weight excluding hydrogens is 240 g/mol. The molecule has 0 aliphatic carbocycles. The van der Waals surface area contributed by atoms with E-state index >= 15 is 0 Å². The van der Waals surface area contributed by atoms with E-state index in [-0.39, 0.29) is 6.04 Å². The number of nitrogens with two attached hydrogens (primary N) is 1. The van der Waals surface area contributed by atoms with E-state index < -0.39 is 0 Å². The Labute approximate surface area is 112 Å². The summed E-state index contributed by atoms with van der Waals surface area (Å²) in [7, 11) is 1.63. The number of benzene rings is 2. The zero-order valence-corrected chi connectivity index (χ0v) is 10.7. The van der Waals surface area contributed by atoms with Gasteiger partial charge < -0.3 is 20.5 Å². The highest BCUT2D eigenvalue weighted by molar-refractivity contribution is 5.69. The van der Waals surface area contributed by atoms with Crippen LogP contribution in [0.4, 0.5) is 11.4 Å². The van der Waals surface area contributed by atoms with E-state index in [1.807, 2.05) is 36.4 Å². The summed E-state index contributed by atoms with van der Waals surface area (Å²) in [5.41, 5.74) is 8.74. The fraction of sp³-hybridized carbons (Fsp3) is 0.200. The van der Waals surface area contributed by atoms with Crippen LogP contribution >= 0.6 is 0 Å². The maximum absolute atomic E-state index is 6.01. The van der Waals surface area contributed by atoms with Crippen molar-refractivity contribution < 1.29 is 9.47 Å². The number of hydrogen-bond acceptors (Lipinski definition) is 4. The number of fused-ring (bicyclic) bond motifs is 1. The molecule has 0 aromatic heterocycles. The molecule has 0 saturated heterocycles. The predicted molar refractivity (Wildman–Crippen MR) is 75.7 cm³/mol. The molecule has 2 aromatic rings. The van der Waals surface area contributed by atoms with Gasteiger partial charge in [0.2, 0.25) is 0 Å². The molecule has 0 bridgehead atoms. The van der Waals surface area contributed by atoms with Crippen LogP contribution < -0.4 is 20.5 Å². The van der Waals surface area contributed by atoms with Crippen molar-refractivity contribution in [3.8, 4) is 11.5 Å². The fourth-order valence-corrected chi connectivity index (χ4v) is 2.27. The number of nitrogens with one attached hydrogen (secondary N) is 1. The van der Waals surface area contributed by atoms with Gasteiger partial charge in [0.15, 0.2) is 0 Å². The lowest BCUT2D eigenvalue weighted by molar-refractivity contribution is 0.340. The van der Waals surface area contributed by atoms with Crippen LogP contribution in [-0.4, -0.2) is 13.7 Å². The topological polar surface area (TPSA) is 56.5 Å². The smallest absolute Gasteiger partial charge is 0.124 e. The number of hydrogen-bond donors (Lipinski definition) is 2. The molecule has 98 valence electrons. The van der Waals surface area contributed by atoms with Crippen LogP contribution in [0.5, 0.6) is 11.5 Å². The first kappa shape index (κ1) is 11.7. The van der Waals surface area contributed by atoms with Crippen molar-refractivity contribution in [3.05, 3.63) is 48.0 Å². The number of ether oxygens (including phenoxy) is 2. The van der Waals surface area contributed by atoms with E-state index in [1.165, 1.54) is 0 Å². The van der Waals surface area contributed by atoms with Crippen molar-refractivity contribution in [2.75, 3.05) is 24.8 Å². The van der Waals surface area contributed by atoms with Gasteiger partial charge in [0.05, 0.1) is 24.5 Å². The summed E-state index contributed by atoms with van der Waals surface area (Å²) in [4.78, 5) is 0. The minimum Gasteiger partial charge on any atom is -0.497 e. The molecular formula is C15H16N2O2. The van der Waals surface area contributed by atoms with Crippen LogP contribution in [0.2, 0.25) is 0 Å². The van der Waals surface area contributed by atoms with Gasteiger partial charge in [-0.3, -0.25) is 0 Å².